The van der Waals surface area contributed by atoms with Gasteiger partial charge in [-0.3, -0.25) is 9.79 Å². The minimum absolute atomic E-state index is 0.0426. The van der Waals surface area contributed by atoms with E-state index in [1.807, 2.05) is 6.07 Å². The molecule has 4 heterocycles. The van der Waals surface area contributed by atoms with Crippen molar-refractivity contribution in [3.05, 3.63) is 63.8 Å². The molecule has 0 radical (unpaired) electrons. The number of aliphatic imine (C=N–C) groups is 1. The number of hydrogen-bond acceptors (Lipinski definition) is 7. The third-order valence-electron chi connectivity index (χ3n) is 6.54. The van der Waals surface area contributed by atoms with E-state index in [1.165, 1.54) is 12.1 Å². The van der Waals surface area contributed by atoms with E-state index >= 15 is 0 Å². The van der Waals surface area contributed by atoms with Crippen LogP contribution in [0.1, 0.15) is 24.0 Å². The van der Waals surface area contributed by atoms with Crippen molar-refractivity contribution in [3.8, 4) is 5.75 Å². The largest absolute Gasteiger partial charge is 0.481 e. The van der Waals surface area contributed by atoms with Gasteiger partial charge in [0.1, 0.15) is 5.82 Å². The van der Waals surface area contributed by atoms with Gasteiger partial charge in [0.25, 0.3) is 5.91 Å². The molecule has 0 spiro atoms. The van der Waals surface area contributed by atoms with Crippen molar-refractivity contribution in [2.45, 2.75) is 18.6 Å². The highest BCUT2D eigenvalue weighted by molar-refractivity contribution is 8.16. The number of carbonyl (C=O) groups excluding carboxylic acids is 1. The first kappa shape index (κ1) is 22.8. The predicted molar refractivity (Wildman–Crippen MR) is 133 cm³/mol. The first-order chi connectivity index (χ1) is 17.0. The maximum atomic E-state index is 13.5. The summed E-state index contributed by atoms with van der Waals surface area (Å²) < 4.78 is 31.4. The third kappa shape index (κ3) is 4.10. The molecule has 0 N–H and O–H groups in total. The van der Waals surface area contributed by atoms with Crippen molar-refractivity contribution >= 4 is 45.8 Å². The van der Waals surface area contributed by atoms with E-state index in [-0.39, 0.29) is 18.3 Å². The molecule has 0 saturated carbocycles. The van der Waals surface area contributed by atoms with E-state index in [9.17, 15) is 9.18 Å². The van der Waals surface area contributed by atoms with Gasteiger partial charge in [-0.1, -0.05) is 35.5 Å². The van der Waals surface area contributed by atoms with Crippen LogP contribution in [0.15, 0.2) is 46.8 Å². The smallest absolute Gasteiger partial charge is 0.265 e. The zero-order valence-corrected chi connectivity index (χ0v) is 20.4. The van der Waals surface area contributed by atoms with Gasteiger partial charge in [-0.2, -0.15) is 0 Å². The number of halogens is 2. The van der Waals surface area contributed by atoms with E-state index in [2.05, 4.69) is 15.3 Å². The van der Waals surface area contributed by atoms with Gasteiger partial charge in [0.05, 0.1) is 31.1 Å². The maximum absolute atomic E-state index is 13.5. The van der Waals surface area contributed by atoms with E-state index in [0.29, 0.717) is 49.1 Å². The number of anilines is 1. The van der Waals surface area contributed by atoms with Crippen LogP contribution < -0.4 is 9.64 Å². The molecule has 1 fully saturated rings. The number of nitrogens with zero attached hydrogens (tertiary/aromatic N) is 3. The molecule has 0 bridgehead atoms. The molecule has 2 aromatic carbocycles. The summed E-state index contributed by atoms with van der Waals surface area (Å²) >= 11 is 8.11. The Kier molecular flexibility index (Phi) is 5.96. The van der Waals surface area contributed by atoms with Crippen LogP contribution in [-0.2, 0) is 20.1 Å². The van der Waals surface area contributed by atoms with Crippen LogP contribution in [0.3, 0.4) is 0 Å². The standard InChI is InChI=1S/C25H23ClFN3O4S/c26-17-12-19(21-15-35-24-28-7-9-30(21)24)23-20(13-17)29(22(31)14-32-23)8-1-6-25(33-10-11-34-25)16-2-4-18(27)5-3-16/h2-5,12-13,15H,1,6-11,14H2. The molecular formula is C25H23ClFN3O4S. The maximum Gasteiger partial charge on any atom is 0.265 e. The SMILES string of the molecule is O=C1COc2c(C3=CSC4=NCCN34)cc(Cl)cc2N1CCCC1(c2ccc(F)cc2)OCCO1. The number of amidine groups is 1. The molecule has 0 aliphatic carbocycles. The fourth-order valence-electron chi connectivity index (χ4n) is 4.93. The average molecular weight is 516 g/mol. The molecule has 182 valence electrons. The number of rotatable bonds is 6. The average Bonchev–Trinajstić information content (AvgIpc) is 3.59. The van der Waals surface area contributed by atoms with Crippen LogP contribution in [-0.4, -0.2) is 55.4 Å². The van der Waals surface area contributed by atoms with Crippen LogP contribution >= 0.6 is 23.4 Å². The summed E-state index contributed by atoms with van der Waals surface area (Å²) in [5, 5.41) is 3.55. The third-order valence-corrected chi connectivity index (χ3v) is 7.66. The highest BCUT2D eigenvalue weighted by Crippen LogP contribution is 2.46. The van der Waals surface area contributed by atoms with Crippen molar-refractivity contribution in [1.82, 2.24) is 4.90 Å². The number of carbonyl (C=O) groups is 1. The summed E-state index contributed by atoms with van der Waals surface area (Å²) in [7, 11) is 0. The summed E-state index contributed by atoms with van der Waals surface area (Å²) in [6.45, 7) is 2.89. The summed E-state index contributed by atoms with van der Waals surface area (Å²) in [5.41, 5.74) is 3.27. The first-order valence-electron chi connectivity index (χ1n) is 11.5. The Morgan fingerprint density at radius 3 is 2.77 bits per heavy atom. The lowest BCUT2D eigenvalue weighted by Gasteiger charge is -2.33. The van der Waals surface area contributed by atoms with Gasteiger partial charge >= 0.3 is 0 Å². The molecular weight excluding hydrogens is 493 g/mol. The Morgan fingerprint density at radius 1 is 1.17 bits per heavy atom. The van der Waals surface area contributed by atoms with Crippen molar-refractivity contribution < 1.29 is 23.4 Å². The molecule has 1 amide bonds. The van der Waals surface area contributed by atoms with Crippen molar-refractivity contribution in [2.24, 2.45) is 4.99 Å². The van der Waals surface area contributed by atoms with Crippen molar-refractivity contribution in [2.75, 3.05) is 44.4 Å². The van der Waals surface area contributed by atoms with Gasteiger partial charge < -0.3 is 24.0 Å². The van der Waals surface area contributed by atoms with Gasteiger partial charge in [-0.15, -0.1) is 0 Å². The number of fused-ring (bicyclic) bond motifs is 2. The molecule has 7 nitrogen and oxygen atoms in total. The van der Waals surface area contributed by atoms with Gasteiger partial charge in [0, 0.05) is 41.1 Å². The van der Waals surface area contributed by atoms with Gasteiger partial charge in [-0.05, 0) is 30.7 Å². The Hall–Kier alpha value is -2.59. The number of ether oxygens (including phenoxy) is 3. The molecule has 10 heteroatoms. The molecule has 1 saturated heterocycles. The molecule has 0 atom stereocenters. The van der Waals surface area contributed by atoms with E-state index in [0.717, 1.165) is 35.1 Å². The Balaban J connectivity index is 1.25. The number of amides is 1. The quantitative estimate of drug-likeness (QED) is 0.560. The van der Waals surface area contributed by atoms with Gasteiger partial charge in [0.2, 0.25) is 0 Å². The zero-order valence-electron chi connectivity index (χ0n) is 18.8. The van der Waals surface area contributed by atoms with Crippen LogP contribution in [0.5, 0.6) is 5.75 Å². The lowest BCUT2D eigenvalue weighted by molar-refractivity contribution is -0.171. The Morgan fingerprint density at radius 2 is 1.97 bits per heavy atom. The lowest BCUT2D eigenvalue weighted by atomic mass is 10.00. The van der Waals surface area contributed by atoms with Gasteiger partial charge in [-0.25, -0.2) is 4.39 Å². The zero-order chi connectivity index (χ0) is 24.0. The Labute approximate surface area is 211 Å². The van der Waals surface area contributed by atoms with Gasteiger partial charge in [0.15, 0.2) is 23.3 Å². The van der Waals surface area contributed by atoms with Crippen LogP contribution in [0, 0.1) is 5.82 Å². The summed E-state index contributed by atoms with van der Waals surface area (Å²) in [4.78, 5) is 21.3. The van der Waals surface area contributed by atoms with E-state index in [1.54, 1.807) is 34.9 Å². The second-order valence-corrected chi connectivity index (χ2v) is 9.91. The molecule has 0 unspecified atom stereocenters. The fourth-order valence-corrected chi connectivity index (χ4v) is 6.10. The first-order valence-corrected chi connectivity index (χ1v) is 12.8. The fraction of sp³-hybridized carbons (Fsp3) is 0.360. The number of thioether (sulfide) groups is 1. The van der Waals surface area contributed by atoms with E-state index in [4.69, 9.17) is 25.8 Å². The van der Waals surface area contributed by atoms with Crippen LogP contribution in [0.2, 0.25) is 5.02 Å². The van der Waals surface area contributed by atoms with Crippen LogP contribution in [0.25, 0.3) is 5.70 Å². The second kappa shape index (κ2) is 9.13. The highest BCUT2D eigenvalue weighted by atomic mass is 35.5. The Bertz CT molecular complexity index is 1230. The molecule has 0 aromatic heterocycles. The van der Waals surface area contributed by atoms with Crippen molar-refractivity contribution in [1.29, 1.82) is 0 Å². The highest BCUT2D eigenvalue weighted by Gasteiger charge is 2.39. The molecule has 2 aromatic rings. The van der Waals surface area contributed by atoms with Crippen molar-refractivity contribution in [3.63, 3.8) is 0 Å². The minimum Gasteiger partial charge on any atom is -0.481 e. The predicted octanol–water partition coefficient (Wildman–Crippen LogP) is 4.60. The lowest BCUT2D eigenvalue weighted by Crippen LogP contribution is -2.40. The molecule has 35 heavy (non-hydrogen) atoms. The number of benzene rings is 2. The van der Waals surface area contributed by atoms with E-state index < -0.39 is 5.79 Å². The molecule has 4 aliphatic rings. The minimum atomic E-state index is -0.942. The second-order valence-electron chi connectivity index (χ2n) is 8.63. The topological polar surface area (TPSA) is 63.6 Å². The summed E-state index contributed by atoms with van der Waals surface area (Å²) in [6, 6.07) is 9.83. The summed E-state index contributed by atoms with van der Waals surface area (Å²) in [5.74, 6) is -0.736. The molecule has 6 rings (SSSR count). The van der Waals surface area contributed by atoms with Crippen LogP contribution in [0.4, 0.5) is 10.1 Å². The number of hydrogen-bond donors (Lipinski definition) is 0. The normalized spacial score (nSPS) is 20.5. The monoisotopic (exact) mass is 515 g/mol. The summed E-state index contributed by atoms with van der Waals surface area (Å²) in [6.07, 6.45) is 1.12. The molecule has 4 aliphatic heterocycles.